The highest BCUT2D eigenvalue weighted by atomic mass is 32.1. The van der Waals surface area contributed by atoms with E-state index >= 15 is 0 Å². The van der Waals surface area contributed by atoms with E-state index in [0.717, 1.165) is 5.56 Å². The molecule has 1 aromatic carbocycles. The van der Waals surface area contributed by atoms with E-state index in [2.05, 4.69) is 37.4 Å². The van der Waals surface area contributed by atoms with E-state index in [-0.39, 0.29) is 0 Å². The Morgan fingerprint density at radius 2 is 2.00 bits per heavy atom. The van der Waals surface area contributed by atoms with Crippen LogP contribution in [0.25, 0.3) is 0 Å². The summed E-state index contributed by atoms with van der Waals surface area (Å²) < 4.78 is 0. The number of hydrogen-bond acceptors (Lipinski definition) is 2. The summed E-state index contributed by atoms with van der Waals surface area (Å²) in [6, 6.07) is 8.22. The number of aliphatic hydroxyl groups is 1. The van der Waals surface area contributed by atoms with Gasteiger partial charge >= 0.3 is 0 Å². The SMILES string of the molecule is Cc1ccc(C(O)Cc2ccsc2)cc1C. The van der Waals surface area contributed by atoms with Crippen molar-refractivity contribution in [1.29, 1.82) is 0 Å². The summed E-state index contributed by atoms with van der Waals surface area (Å²) in [7, 11) is 0. The van der Waals surface area contributed by atoms with Crippen LogP contribution in [0.3, 0.4) is 0 Å². The van der Waals surface area contributed by atoms with E-state index in [9.17, 15) is 5.11 Å². The molecule has 0 aliphatic rings. The highest BCUT2D eigenvalue weighted by molar-refractivity contribution is 7.07. The Bertz CT molecular complexity index is 460. The van der Waals surface area contributed by atoms with Gasteiger partial charge in [-0.05, 0) is 52.9 Å². The Kier molecular flexibility index (Phi) is 3.42. The molecule has 1 heterocycles. The van der Waals surface area contributed by atoms with Crippen molar-refractivity contribution in [2.75, 3.05) is 0 Å². The average molecular weight is 232 g/mol. The monoisotopic (exact) mass is 232 g/mol. The van der Waals surface area contributed by atoms with E-state index in [0.29, 0.717) is 6.42 Å². The molecular weight excluding hydrogens is 216 g/mol. The molecule has 0 amide bonds. The van der Waals surface area contributed by atoms with Gasteiger partial charge in [0, 0.05) is 6.42 Å². The second-order valence-corrected chi connectivity index (χ2v) is 4.98. The molecule has 2 aromatic rings. The van der Waals surface area contributed by atoms with Gasteiger partial charge in [0.1, 0.15) is 0 Å². The van der Waals surface area contributed by atoms with E-state index in [1.165, 1.54) is 16.7 Å². The molecule has 1 atom stereocenters. The molecule has 0 saturated carbocycles. The van der Waals surface area contributed by atoms with Gasteiger partial charge in [0.25, 0.3) is 0 Å². The summed E-state index contributed by atoms with van der Waals surface area (Å²) in [5, 5.41) is 14.2. The standard InChI is InChI=1S/C14H16OS/c1-10-3-4-13(7-11(10)2)14(15)8-12-5-6-16-9-12/h3-7,9,14-15H,8H2,1-2H3. The maximum atomic E-state index is 10.1. The minimum Gasteiger partial charge on any atom is -0.388 e. The first-order valence-corrected chi connectivity index (χ1v) is 6.37. The minimum absolute atomic E-state index is 0.395. The van der Waals surface area contributed by atoms with Crippen molar-refractivity contribution >= 4 is 11.3 Å². The Labute approximate surface area is 100 Å². The van der Waals surface area contributed by atoms with Crippen LogP contribution >= 0.6 is 11.3 Å². The molecule has 2 heteroatoms. The fourth-order valence-corrected chi connectivity index (χ4v) is 2.40. The van der Waals surface area contributed by atoms with Crippen LogP contribution in [0.5, 0.6) is 0 Å². The maximum absolute atomic E-state index is 10.1. The molecule has 0 fully saturated rings. The molecule has 1 unspecified atom stereocenters. The Balaban J connectivity index is 2.14. The summed E-state index contributed by atoms with van der Waals surface area (Å²) >= 11 is 1.67. The third kappa shape index (κ3) is 2.52. The van der Waals surface area contributed by atoms with E-state index in [1.54, 1.807) is 11.3 Å². The molecular formula is C14H16OS. The topological polar surface area (TPSA) is 20.2 Å². The molecule has 2 rings (SSSR count). The number of aryl methyl sites for hydroxylation is 2. The van der Waals surface area contributed by atoms with Gasteiger partial charge in [-0.15, -0.1) is 0 Å². The maximum Gasteiger partial charge on any atom is 0.0830 e. The van der Waals surface area contributed by atoms with Crippen LogP contribution < -0.4 is 0 Å². The number of hydrogen-bond donors (Lipinski definition) is 1. The molecule has 84 valence electrons. The Morgan fingerprint density at radius 1 is 1.19 bits per heavy atom. The smallest absolute Gasteiger partial charge is 0.0830 e. The molecule has 1 aromatic heterocycles. The molecule has 0 aliphatic heterocycles. The molecule has 1 N–H and O–H groups in total. The first kappa shape index (κ1) is 11.4. The third-order valence-corrected chi connectivity index (χ3v) is 3.66. The zero-order valence-corrected chi connectivity index (χ0v) is 10.4. The van der Waals surface area contributed by atoms with Crippen molar-refractivity contribution in [3.63, 3.8) is 0 Å². The predicted octanol–water partition coefficient (Wildman–Crippen LogP) is 3.64. The second kappa shape index (κ2) is 4.81. The van der Waals surface area contributed by atoms with Gasteiger partial charge < -0.3 is 5.11 Å². The lowest BCUT2D eigenvalue weighted by Gasteiger charge is -2.11. The van der Waals surface area contributed by atoms with Crippen LogP contribution in [-0.4, -0.2) is 5.11 Å². The second-order valence-electron chi connectivity index (χ2n) is 4.20. The molecule has 0 radical (unpaired) electrons. The van der Waals surface area contributed by atoms with Crippen molar-refractivity contribution < 1.29 is 5.11 Å². The third-order valence-electron chi connectivity index (χ3n) is 2.92. The first-order chi connectivity index (χ1) is 7.66. The molecule has 16 heavy (non-hydrogen) atoms. The van der Waals surface area contributed by atoms with E-state index < -0.39 is 6.10 Å². The van der Waals surface area contributed by atoms with Crippen molar-refractivity contribution in [2.45, 2.75) is 26.4 Å². The largest absolute Gasteiger partial charge is 0.388 e. The lowest BCUT2D eigenvalue weighted by atomic mass is 9.99. The molecule has 0 aliphatic carbocycles. The van der Waals surface area contributed by atoms with Crippen LogP contribution in [0.1, 0.15) is 28.4 Å². The minimum atomic E-state index is -0.395. The summed E-state index contributed by atoms with van der Waals surface area (Å²) in [5.74, 6) is 0. The van der Waals surface area contributed by atoms with E-state index in [4.69, 9.17) is 0 Å². The lowest BCUT2D eigenvalue weighted by Crippen LogP contribution is -2.01. The number of aliphatic hydroxyl groups excluding tert-OH is 1. The van der Waals surface area contributed by atoms with Gasteiger partial charge in [0.15, 0.2) is 0 Å². The predicted molar refractivity (Wildman–Crippen MR) is 68.9 cm³/mol. The van der Waals surface area contributed by atoms with Crippen molar-refractivity contribution in [3.8, 4) is 0 Å². The van der Waals surface area contributed by atoms with Gasteiger partial charge in [-0.2, -0.15) is 11.3 Å². The number of benzene rings is 1. The first-order valence-electron chi connectivity index (χ1n) is 5.43. The highest BCUT2D eigenvalue weighted by Crippen LogP contribution is 2.21. The van der Waals surface area contributed by atoms with Crippen molar-refractivity contribution in [3.05, 3.63) is 57.3 Å². The molecule has 0 spiro atoms. The molecule has 0 bridgehead atoms. The van der Waals surface area contributed by atoms with Crippen LogP contribution in [0.15, 0.2) is 35.0 Å². The van der Waals surface area contributed by atoms with Crippen LogP contribution in [-0.2, 0) is 6.42 Å². The summed E-state index contributed by atoms with van der Waals surface area (Å²) in [4.78, 5) is 0. The quantitative estimate of drug-likeness (QED) is 0.856. The summed E-state index contributed by atoms with van der Waals surface area (Å²) in [5.41, 5.74) is 4.72. The van der Waals surface area contributed by atoms with Crippen molar-refractivity contribution in [1.82, 2.24) is 0 Å². The number of rotatable bonds is 3. The zero-order chi connectivity index (χ0) is 11.5. The lowest BCUT2D eigenvalue weighted by molar-refractivity contribution is 0.178. The summed E-state index contributed by atoms with van der Waals surface area (Å²) in [6.07, 6.45) is 0.306. The Morgan fingerprint density at radius 3 is 2.62 bits per heavy atom. The van der Waals surface area contributed by atoms with Crippen LogP contribution in [0.2, 0.25) is 0 Å². The van der Waals surface area contributed by atoms with Gasteiger partial charge in [0.2, 0.25) is 0 Å². The fourth-order valence-electron chi connectivity index (χ4n) is 1.72. The Hall–Kier alpha value is -1.12. The average Bonchev–Trinajstić information content (AvgIpc) is 2.74. The highest BCUT2D eigenvalue weighted by Gasteiger charge is 2.09. The van der Waals surface area contributed by atoms with E-state index in [1.807, 2.05) is 11.4 Å². The zero-order valence-electron chi connectivity index (χ0n) is 9.60. The number of thiophene rings is 1. The van der Waals surface area contributed by atoms with Gasteiger partial charge in [-0.1, -0.05) is 18.2 Å². The van der Waals surface area contributed by atoms with Gasteiger partial charge in [0.05, 0.1) is 6.10 Å². The van der Waals surface area contributed by atoms with Crippen molar-refractivity contribution in [2.24, 2.45) is 0 Å². The fraction of sp³-hybridized carbons (Fsp3) is 0.286. The molecule has 0 saturated heterocycles. The normalized spacial score (nSPS) is 12.7. The summed E-state index contributed by atoms with van der Waals surface area (Å²) in [6.45, 7) is 4.17. The van der Waals surface area contributed by atoms with Gasteiger partial charge in [-0.3, -0.25) is 0 Å². The van der Waals surface area contributed by atoms with Crippen LogP contribution in [0.4, 0.5) is 0 Å². The van der Waals surface area contributed by atoms with Crippen LogP contribution in [0, 0.1) is 13.8 Å². The molecule has 1 nitrogen and oxygen atoms in total. The van der Waals surface area contributed by atoms with Gasteiger partial charge in [-0.25, -0.2) is 0 Å².